The van der Waals surface area contributed by atoms with Crippen LogP contribution >= 0.6 is 0 Å². The number of nitrogens with zero attached hydrogens (tertiary/aromatic N) is 3. The van der Waals surface area contributed by atoms with Crippen molar-refractivity contribution < 1.29 is 0 Å². The van der Waals surface area contributed by atoms with Gasteiger partial charge in [-0.05, 0) is 23.3 Å². The third kappa shape index (κ3) is 2.59. The lowest BCUT2D eigenvalue weighted by Gasteiger charge is -2.12. The third-order valence-corrected chi connectivity index (χ3v) is 4.93. The first-order chi connectivity index (χ1) is 13.7. The largest absolute Gasteiger partial charge is 0.347 e. The summed E-state index contributed by atoms with van der Waals surface area (Å²) in [5.74, 6) is 0. The number of nitrogens with two attached hydrogens (primary N) is 1. The van der Waals surface area contributed by atoms with Gasteiger partial charge in [0, 0.05) is 29.3 Å². The van der Waals surface area contributed by atoms with Crippen LogP contribution in [0.25, 0.3) is 38.9 Å². The summed E-state index contributed by atoms with van der Waals surface area (Å²) in [5.41, 5.74) is 11.8. The molecule has 3 N–H and O–H groups in total. The molecule has 0 fully saturated rings. The predicted molar refractivity (Wildman–Crippen MR) is 110 cm³/mol. The maximum atomic E-state index is 11.9. The van der Waals surface area contributed by atoms with Crippen molar-refractivity contribution in [3.05, 3.63) is 89.0 Å². The lowest BCUT2D eigenvalue weighted by atomic mass is 9.97. The molecule has 0 unspecified atom stereocenters. The average molecular weight is 367 g/mol. The number of hydrogen-bond acceptors (Lipinski definition) is 4. The van der Waals surface area contributed by atoms with E-state index >= 15 is 0 Å². The van der Waals surface area contributed by atoms with E-state index in [-0.39, 0.29) is 5.69 Å². The van der Waals surface area contributed by atoms with E-state index < -0.39 is 0 Å². The fourth-order valence-electron chi connectivity index (χ4n) is 3.47. The van der Waals surface area contributed by atoms with E-state index in [0.29, 0.717) is 12.2 Å². The molecule has 0 amide bonds. The minimum absolute atomic E-state index is 0.264. The first-order valence-electron chi connectivity index (χ1n) is 9.00. The zero-order valence-electron chi connectivity index (χ0n) is 15.0. The highest BCUT2D eigenvalue weighted by atomic mass is 16.1. The van der Waals surface area contributed by atoms with Gasteiger partial charge in [0.15, 0.2) is 5.65 Å². The Balaban J connectivity index is 1.84. The van der Waals surface area contributed by atoms with Gasteiger partial charge in [0.1, 0.15) is 0 Å². The van der Waals surface area contributed by atoms with E-state index in [1.165, 1.54) is 4.40 Å². The van der Waals surface area contributed by atoms with Crippen LogP contribution < -0.4 is 11.4 Å². The van der Waals surface area contributed by atoms with Gasteiger partial charge in [0.25, 0.3) is 0 Å². The van der Waals surface area contributed by atoms with Crippen LogP contribution in [0.3, 0.4) is 0 Å². The lowest BCUT2D eigenvalue weighted by molar-refractivity contribution is 1.02. The van der Waals surface area contributed by atoms with Gasteiger partial charge in [-0.15, -0.1) is 0 Å². The standard InChI is InChI=1S/C22H17N5O/c23-13-14-6-8-16(9-7-14)20-17(15-4-2-1-3-5-15)12-18-19(24-20)10-11-27-21(18)25-26-22(27)28/h1-12H,13,23H2,(H,26,28). The van der Waals surface area contributed by atoms with Gasteiger partial charge in [-0.3, -0.25) is 0 Å². The molecular weight excluding hydrogens is 350 g/mol. The summed E-state index contributed by atoms with van der Waals surface area (Å²) in [5, 5.41) is 7.50. The number of hydrogen-bond donors (Lipinski definition) is 2. The number of aromatic amines is 1. The molecule has 0 spiro atoms. The van der Waals surface area contributed by atoms with Crippen LogP contribution in [0.5, 0.6) is 0 Å². The van der Waals surface area contributed by atoms with E-state index in [0.717, 1.165) is 38.9 Å². The minimum Gasteiger partial charge on any atom is -0.326 e. The highest BCUT2D eigenvalue weighted by molar-refractivity contribution is 5.98. The molecule has 0 atom stereocenters. The second kappa shape index (κ2) is 6.44. The fourth-order valence-corrected chi connectivity index (χ4v) is 3.47. The lowest BCUT2D eigenvalue weighted by Crippen LogP contribution is -2.08. The smallest absolute Gasteiger partial charge is 0.326 e. The highest BCUT2D eigenvalue weighted by Crippen LogP contribution is 2.34. The van der Waals surface area contributed by atoms with Crippen molar-refractivity contribution in [3.8, 4) is 22.4 Å². The molecule has 0 aliphatic carbocycles. The number of nitrogens with one attached hydrogen (secondary N) is 1. The van der Waals surface area contributed by atoms with E-state index in [1.54, 1.807) is 6.20 Å². The van der Waals surface area contributed by atoms with Crippen molar-refractivity contribution >= 4 is 16.6 Å². The monoisotopic (exact) mass is 367 g/mol. The van der Waals surface area contributed by atoms with Crippen molar-refractivity contribution in [1.82, 2.24) is 19.6 Å². The summed E-state index contributed by atoms with van der Waals surface area (Å²) in [6.07, 6.45) is 1.69. The average Bonchev–Trinajstić information content (AvgIpc) is 3.14. The third-order valence-electron chi connectivity index (χ3n) is 4.93. The Labute approximate surface area is 160 Å². The molecule has 5 rings (SSSR count). The van der Waals surface area contributed by atoms with Gasteiger partial charge >= 0.3 is 5.69 Å². The first kappa shape index (κ1) is 16.4. The van der Waals surface area contributed by atoms with Crippen LogP contribution in [-0.2, 0) is 6.54 Å². The van der Waals surface area contributed by atoms with Crippen LogP contribution in [0.2, 0.25) is 0 Å². The summed E-state index contributed by atoms with van der Waals surface area (Å²) in [6, 6.07) is 22.1. The number of benzene rings is 2. The second-order valence-corrected chi connectivity index (χ2v) is 6.62. The Kier molecular flexibility index (Phi) is 3.77. The van der Waals surface area contributed by atoms with Crippen molar-refractivity contribution in [2.24, 2.45) is 5.73 Å². The molecule has 28 heavy (non-hydrogen) atoms. The molecule has 5 aromatic rings. The van der Waals surface area contributed by atoms with E-state index in [2.05, 4.69) is 28.4 Å². The number of H-pyrrole nitrogens is 1. The summed E-state index contributed by atoms with van der Waals surface area (Å²) >= 11 is 0. The molecule has 3 aromatic heterocycles. The van der Waals surface area contributed by atoms with Crippen molar-refractivity contribution in [2.75, 3.05) is 0 Å². The zero-order chi connectivity index (χ0) is 19.1. The molecule has 3 heterocycles. The SMILES string of the molecule is NCc1ccc(-c2nc3ccn4c(=O)[nH]nc4c3cc2-c2ccccc2)cc1. The minimum atomic E-state index is -0.264. The van der Waals surface area contributed by atoms with Gasteiger partial charge in [0.05, 0.1) is 11.2 Å². The van der Waals surface area contributed by atoms with Gasteiger partial charge < -0.3 is 5.73 Å². The van der Waals surface area contributed by atoms with Gasteiger partial charge in [-0.1, -0.05) is 54.6 Å². The second-order valence-electron chi connectivity index (χ2n) is 6.62. The van der Waals surface area contributed by atoms with Crippen LogP contribution in [0.4, 0.5) is 0 Å². The number of pyridine rings is 2. The van der Waals surface area contributed by atoms with Gasteiger partial charge in [-0.25, -0.2) is 19.3 Å². The summed E-state index contributed by atoms with van der Waals surface area (Å²) in [7, 11) is 0. The van der Waals surface area contributed by atoms with Crippen molar-refractivity contribution in [3.63, 3.8) is 0 Å². The normalized spacial score (nSPS) is 11.3. The maximum Gasteiger partial charge on any atom is 0.347 e. The molecule has 0 saturated carbocycles. The Morgan fingerprint density at radius 2 is 1.75 bits per heavy atom. The Morgan fingerprint density at radius 3 is 2.50 bits per heavy atom. The number of aromatic nitrogens is 4. The van der Waals surface area contributed by atoms with Crippen molar-refractivity contribution in [2.45, 2.75) is 6.54 Å². The van der Waals surface area contributed by atoms with Crippen LogP contribution in [0.1, 0.15) is 5.56 Å². The molecule has 2 aromatic carbocycles. The molecular formula is C22H17N5O. The van der Waals surface area contributed by atoms with Crippen LogP contribution in [-0.4, -0.2) is 19.6 Å². The van der Waals surface area contributed by atoms with Crippen molar-refractivity contribution in [1.29, 1.82) is 0 Å². The topological polar surface area (TPSA) is 89.1 Å². The van der Waals surface area contributed by atoms with Crippen LogP contribution in [0.15, 0.2) is 77.7 Å². The van der Waals surface area contributed by atoms with E-state index in [4.69, 9.17) is 10.7 Å². The first-order valence-corrected chi connectivity index (χ1v) is 9.00. The Bertz CT molecular complexity index is 1350. The molecule has 0 saturated heterocycles. The molecule has 0 bridgehead atoms. The van der Waals surface area contributed by atoms with E-state index in [1.807, 2.05) is 48.5 Å². The van der Waals surface area contributed by atoms with E-state index in [9.17, 15) is 4.79 Å². The summed E-state index contributed by atoms with van der Waals surface area (Å²) in [4.78, 5) is 16.9. The summed E-state index contributed by atoms with van der Waals surface area (Å²) < 4.78 is 1.49. The summed E-state index contributed by atoms with van der Waals surface area (Å²) in [6.45, 7) is 0.503. The fraction of sp³-hybridized carbons (Fsp3) is 0.0455. The quantitative estimate of drug-likeness (QED) is 0.512. The molecule has 0 aliphatic rings. The zero-order valence-corrected chi connectivity index (χ0v) is 15.0. The highest BCUT2D eigenvalue weighted by Gasteiger charge is 2.14. The number of rotatable bonds is 3. The number of fused-ring (bicyclic) bond motifs is 3. The molecule has 0 radical (unpaired) electrons. The predicted octanol–water partition coefficient (Wildman–Crippen LogP) is 3.36. The van der Waals surface area contributed by atoms with Gasteiger partial charge in [0.2, 0.25) is 0 Å². The Morgan fingerprint density at radius 1 is 0.964 bits per heavy atom. The van der Waals surface area contributed by atoms with Crippen LogP contribution in [0, 0.1) is 0 Å². The maximum absolute atomic E-state index is 11.9. The molecule has 136 valence electrons. The molecule has 0 aliphatic heterocycles. The molecule has 6 nitrogen and oxygen atoms in total. The Hall–Kier alpha value is -3.77. The molecule has 6 heteroatoms. The van der Waals surface area contributed by atoms with Gasteiger partial charge in [-0.2, -0.15) is 5.10 Å².